The normalized spacial score (nSPS) is 12.7. The van der Waals surface area contributed by atoms with Gasteiger partial charge in [-0.15, -0.1) is 0 Å². The molecule has 0 atom stereocenters. The molecule has 0 saturated carbocycles. The minimum absolute atomic E-state index is 0.124. The topological polar surface area (TPSA) is 41.5 Å². The molecule has 0 aliphatic rings. The molecule has 0 bridgehead atoms. The van der Waals surface area contributed by atoms with E-state index in [-0.39, 0.29) is 16.7 Å². The lowest BCUT2D eigenvalue weighted by atomic mass is 9.87. The molecular formula is C24H30N2O. The number of carbonyl (C=O) groups is 1. The highest BCUT2D eigenvalue weighted by molar-refractivity contribution is 5.92. The Morgan fingerprint density at radius 3 is 1.67 bits per heavy atom. The first-order chi connectivity index (χ1) is 12.6. The number of hydrazone groups is 1. The Hall–Kier alpha value is -2.68. The molecule has 0 spiro atoms. The van der Waals surface area contributed by atoms with Gasteiger partial charge in [0.05, 0.1) is 6.21 Å². The van der Waals surface area contributed by atoms with Gasteiger partial charge >= 0.3 is 0 Å². The molecule has 1 amide bonds. The van der Waals surface area contributed by atoms with Crippen molar-refractivity contribution in [3.8, 4) is 0 Å². The highest BCUT2D eigenvalue weighted by Gasteiger charge is 2.13. The molecular weight excluding hydrogens is 332 g/mol. The van der Waals surface area contributed by atoms with Gasteiger partial charge in [-0.25, -0.2) is 5.43 Å². The van der Waals surface area contributed by atoms with E-state index in [1.165, 1.54) is 17.2 Å². The van der Waals surface area contributed by atoms with E-state index < -0.39 is 0 Å². The third-order valence-corrected chi connectivity index (χ3v) is 4.37. The Labute approximate surface area is 163 Å². The Kier molecular flexibility index (Phi) is 6.37. The minimum atomic E-state index is -0.252. The SMILES string of the molecule is CC(C)(C)c1ccc(/C=C/C(=O)N/N=C/c2ccc(C(C)(C)C)cc2)cc1. The fourth-order valence-electron chi connectivity index (χ4n) is 2.54. The molecule has 3 heteroatoms. The maximum absolute atomic E-state index is 11.9. The number of hydrogen-bond donors (Lipinski definition) is 1. The average molecular weight is 363 g/mol. The van der Waals surface area contributed by atoms with Gasteiger partial charge < -0.3 is 0 Å². The summed E-state index contributed by atoms with van der Waals surface area (Å²) in [6.07, 6.45) is 4.93. The summed E-state index contributed by atoms with van der Waals surface area (Å²) in [6, 6.07) is 16.4. The summed E-state index contributed by atoms with van der Waals surface area (Å²) in [7, 11) is 0. The van der Waals surface area contributed by atoms with Crippen molar-refractivity contribution in [1.82, 2.24) is 5.43 Å². The predicted molar refractivity (Wildman–Crippen MR) is 115 cm³/mol. The van der Waals surface area contributed by atoms with Crippen LogP contribution in [0.4, 0.5) is 0 Å². The summed E-state index contributed by atoms with van der Waals surface area (Å²) < 4.78 is 0. The van der Waals surface area contributed by atoms with Gasteiger partial charge in [-0.1, -0.05) is 90.1 Å². The first kappa shape index (κ1) is 20.6. The second-order valence-corrected chi connectivity index (χ2v) is 8.81. The molecule has 2 aromatic carbocycles. The maximum Gasteiger partial charge on any atom is 0.264 e. The van der Waals surface area contributed by atoms with Crippen LogP contribution >= 0.6 is 0 Å². The van der Waals surface area contributed by atoms with Crippen LogP contribution in [0, 0.1) is 0 Å². The van der Waals surface area contributed by atoms with Crippen molar-refractivity contribution in [1.29, 1.82) is 0 Å². The zero-order valence-corrected chi connectivity index (χ0v) is 17.2. The van der Waals surface area contributed by atoms with E-state index in [0.29, 0.717) is 0 Å². The molecule has 0 radical (unpaired) electrons. The fraction of sp³-hybridized carbons (Fsp3) is 0.333. The van der Waals surface area contributed by atoms with Gasteiger partial charge in [0.2, 0.25) is 0 Å². The summed E-state index contributed by atoms with van der Waals surface area (Å²) in [4.78, 5) is 11.9. The Morgan fingerprint density at radius 1 is 0.778 bits per heavy atom. The van der Waals surface area contributed by atoms with Crippen LogP contribution in [0.3, 0.4) is 0 Å². The van der Waals surface area contributed by atoms with Crippen molar-refractivity contribution in [3.63, 3.8) is 0 Å². The van der Waals surface area contributed by atoms with Crippen molar-refractivity contribution in [2.75, 3.05) is 0 Å². The summed E-state index contributed by atoms with van der Waals surface area (Å²) in [6.45, 7) is 13.1. The van der Waals surface area contributed by atoms with E-state index in [9.17, 15) is 4.79 Å². The predicted octanol–water partition coefficient (Wildman–Crippen LogP) is 5.45. The molecule has 0 fully saturated rings. The highest BCUT2D eigenvalue weighted by atomic mass is 16.2. The largest absolute Gasteiger partial charge is 0.268 e. The zero-order valence-electron chi connectivity index (χ0n) is 17.2. The summed E-state index contributed by atoms with van der Waals surface area (Å²) >= 11 is 0. The van der Waals surface area contributed by atoms with Gasteiger partial charge in [-0.3, -0.25) is 4.79 Å². The lowest BCUT2D eigenvalue weighted by molar-refractivity contribution is -0.116. The van der Waals surface area contributed by atoms with Crippen LogP contribution in [-0.4, -0.2) is 12.1 Å². The summed E-state index contributed by atoms with van der Waals surface area (Å²) in [5.74, 6) is -0.252. The van der Waals surface area contributed by atoms with Crippen LogP contribution in [-0.2, 0) is 15.6 Å². The Balaban J connectivity index is 1.90. The zero-order chi connectivity index (χ0) is 20.1. The standard InChI is InChI=1S/C24H30N2O/c1-23(2,3)20-12-7-18(8-13-20)11-16-22(27)26-25-17-19-9-14-21(15-10-19)24(4,5)6/h7-17H,1-6H3,(H,26,27)/b16-11+,25-17+. The molecule has 0 aliphatic heterocycles. The first-order valence-corrected chi connectivity index (χ1v) is 9.28. The van der Waals surface area contributed by atoms with E-state index in [4.69, 9.17) is 0 Å². The maximum atomic E-state index is 11.9. The van der Waals surface area contributed by atoms with Gasteiger partial charge in [0.25, 0.3) is 5.91 Å². The van der Waals surface area contributed by atoms with E-state index in [1.807, 2.05) is 24.3 Å². The van der Waals surface area contributed by atoms with Gasteiger partial charge in [-0.2, -0.15) is 5.10 Å². The van der Waals surface area contributed by atoms with Crippen molar-refractivity contribution >= 4 is 18.2 Å². The van der Waals surface area contributed by atoms with Gasteiger partial charge in [0.15, 0.2) is 0 Å². The lowest BCUT2D eigenvalue weighted by Gasteiger charge is -2.18. The average Bonchev–Trinajstić information content (AvgIpc) is 2.59. The quantitative estimate of drug-likeness (QED) is 0.439. The summed E-state index contributed by atoms with van der Waals surface area (Å²) in [5, 5.41) is 4.02. The number of nitrogens with one attached hydrogen (secondary N) is 1. The van der Waals surface area contributed by atoms with Crippen molar-refractivity contribution in [2.45, 2.75) is 52.4 Å². The second-order valence-electron chi connectivity index (χ2n) is 8.81. The molecule has 2 rings (SSSR count). The summed E-state index contributed by atoms with van der Waals surface area (Å²) in [5.41, 5.74) is 7.25. The number of rotatable bonds is 4. The van der Waals surface area contributed by atoms with Crippen LogP contribution in [0.2, 0.25) is 0 Å². The van der Waals surface area contributed by atoms with Crippen molar-refractivity contribution in [2.24, 2.45) is 5.10 Å². The molecule has 2 aromatic rings. The molecule has 0 aromatic heterocycles. The van der Waals surface area contributed by atoms with E-state index >= 15 is 0 Å². The van der Waals surface area contributed by atoms with Crippen molar-refractivity contribution in [3.05, 3.63) is 76.9 Å². The molecule has 0 heterocycles. The van der Waals surface area contributed by atoms with Crippen LogP contribution in [0.5, 0.6) is 0 Å². The van der Waals surface area contributed by atoms with Crippen LogP contribution < -0.4 is 5.43 Å². The number of benzene rings is 2. The van der Waals surface area contributed by atoms with Crippen LogP contribution in [0.1, 0.15) is 63.8 Å². The number of hydrogen-bond acceptors (Lipinski definition) is 2. The number of amides is 1. The smallest absolute Gasteiger partial charge is 0.264 e. The van der Waals surface area contributed by atoms with Crippen LogP contribution in [0.15, 0.2) is 59.7 Å². The number of carbonyl (C=O) groups excluding carboxylic acids is 1. The second kappa shape index (κ2) is 8.34. The molecule has 0 saturated heterocycles. The molecule has 1 N–H and O–H groups in total. The molecule has 0 aliphatic carbocycles. The minimum Gasteiger partial charge on any atom is -0.268 e. The van der Waals surface area contributed by atoms with Crippen LogP contribution in [0.25, 0.3) is 6.08 Å². The Bertz CT molecular complexity index is 815. The third kappa shape index (κ3) is 6.52. The molecule has 27 heavy (non-hydrogen) atoms. The molecule has 3 nitrogen and oxygen atoms in total. The first-order valence-electron chi connectivity index (χ1n) is 9.28. The third-order valence-electron chi connectivity index (χ3n) is 4.37. The monoisotopic (exact) mass is 362 g/mol. The molecule has 142 valence electrons. The highest BCUT2D eigenvalue weighted by Crippen LogP contribution is 2.23. The van der Waals surface area contributed by atoms with E-state index in [2.05, 4.69) is 76.3 Å². The molecule has 0 unspecified atom stereocenters. The fourth-order valence-corrected chi connectivity index (χ4v) is 2.54. The van der Waals surface area contributed by atoms with Crippen molar-refractivity contribution < 1.29 is 4.79 Å². The van der Waals surface area contributed by atoms with Gasteiger partial charge in [0, 0.05) is 6.08 Å². The van der Waals surface area contributed by atoms with E-state index in [1.54, 1.807) is 12.3 Å². The van der Waals surface area contributed by atoms with Gasteiger partial charge in [0.1, 0.15) is 0 Å². The Morgan fingerprint density at radius 2 is 1.22 bits per heavy atom. The van der Waals surface area contributed by atoms with Gasteiger partial charge in [-0.05, 0) is 39.2 Å². The number of nitrogens with zero attached hydrogens (tertiary/aromatic N) is 1. The van der Waals surface area contributed by atoms with E-state index in [0.717, 1.165) is 11.1 Å². The lowest BCUT2D eigenvalue weighted by Crippen LogP contribution is -2.14.